The van der Waals surface area contributed by atoms with E-state index < -0.39 is 10.0 Å². The molecule has 5 heteroatoms. The number of nitrogens with one attached hydrogen (secondary N) is 1. The average molecular weight is 410 g/mol. The van der Waals surface area contributed by atoms with Gasteiger partial charge in [0.2, 0.25) is 10.0 Å². The topological polar surface area (TPSA) is 46.2 Å². The van der Waals surface area contributed by atoms with Gasteiger partial charge in [0.25, 0.3) is 0 Å². The highest BCUT2D eigenvalue weighted by Crippen LogP contribution is 2.37. The van der Waals surface area contributed by atoms with Gasteiger partial charge in [-0.05, 0) is 70.5 Å². The predicted octanol–water partition coefficient (Wildman–Crippen LogP) is 5.40. The summed E-state index contributed by atoms with van der Waals surface area (Å²) in [5.74, 6) is 0. The minimum absolute atomic E-state index is 0.546. The minimum Gasteiger partial charge on any atom is -0.284 e. The summed E-state index contributed by atoms with van der Waals surface area (Å²) in [5.41, 5.74) is 7.31. The molecular weight excluding hydrogens is 390 g/mol. The SMILES string of the molecule is CS(=O)(=O)Nc1cccc(/C=C2\c3ccccc3CCc3c(Cl)cccc32)c1. The highest BCUT2D eigenvalue weighted by Gasteiger charge is 2.19. The average Bonchev–Trinajstić information content (AvgIpc) is 2.79. The molecule has 0 radical (unpaired) electrons. The Labute approximate surface area is 170 Å². The first kappa shape index (κ1) is 18.8. The molecule has 1 aliphatic carbocycles. The van der Waals surface area contributed by atoms with Gasteiger partial charge in [-0.25, -0.2) is 8.42 Å². The fraction of sp³-hybridized carbons (Fsp3) is 0.130. The monoisotopic (exact) mass is 409 g/mol. The van der Waals surface area contributed by atoms with E-state index in [1.54, 1.807) is 6.07 Å². The molecule has 0 heterocycles. The maximum absolute atomic E-state index is 11.6. The van der Waals surface area contributed by atoms with Crippen LogP contribution in [0, 0.1) is 0 Å². The van der Waals surface area contributed by atoms with Crippen molar-refractivity contribution in [2.45, 2.75) is 12.8 Å². The van der Waals surface area contributed by atoms with Gasteiger partial charge >= 0.3 is 0 Å². The van der Waals surface area contributed by atoms with Crippen molar-refractivity contribution >= 4 is 39.0 Å². The Morgan fingerprint density at radius 3 is 2.50 bits per heavy atom. The number of rotatable bonds is 3. The van der Waals surface area contributed by atoms with Crippen LogP contribution in [0.25, 0.3) is 11.6 Å². The molecule has 0 spiro atoms. The van der Waals surface area contributed by atoms with Gasteiger partial charge in [-0.15, -0.1) is 0 Å². The number of hydrogen-bond acceptors (Lipinski definition) is 2. The first-order valence-electron chi connectivity index (χ1n) is 9.06. The van der Waals surface area contributed by atoms with Gasteiger partial charge in [0.15, 0.2) is 0 Å². The summed E-state index contributed by atoms with van der Waals surface area (Å²) in [6.45, 7) is 0. The predicted molar refractivity (Wildman–Crippen MR) is 117 cm³/mol. The molecular formula is C23H20ClNO2S. The number of sulfonamides is 1. The second-order valence-electron chi connectivity index (χ2n) is 6.98. The molecule has 0 unspecified atom stereocenters. The Balaban J connectivity index is 1.89. The third kappa shape index (κ3) is 3.98. The van der Waals surface area contributed by atoms with Crippen molar-refractivity contribution in [3.63, 3.8) is 0 Å². The van der Waals surface area contributed by atoms with Crippen LogP contribution in [0.3, 0.4) is 0 Å². The lowest BCUT2D eigenvalue weighted by molar-refractivity contribution is 0.607. The summed E-state index contributed by atoms with van der Waals surface area (Å²) in [6, 6.07) is 21.8. The maximum Gasteiger partial charge on any atom is 0.229 e. The highest BCUT2D eigenvalue weighted by atomic mass is 35.5. The number of fused-ring (bicyclic) bond motifs is 2. The summed E-state index contributed by atoms with van der Waals surface area (Å²) in [5, 5.41) is 0.781. The second kappa shape index (κ2) is 7.46. The highest BCUT2D eigenvalue weighted by molar-refractivity contribution is 7.92. The molecule has 0 saturated carbocycles. The van der Waals surface area contributed by atoms with Gasteiger partial charge in [0.1, 0.15) is 0 Å². The van der Waals surface area contributed by atoms with Gasteiger partial charge in [0.05, 0.1) is 6.26 Å². The van der Waals surface area contributed by atoms with Crippen molar-refractivity contribution in [3.05, 3.63) is 99.6 Å². The summed E-state index contributed by atoms with van der Waals surface area (Å²) >= 11 is 6.52. The Bertz CT molecular complexity index is 1180. The van der Waals surface area contributed by atoms with Gasteiger partial charge in [0, 0.05) is 10.7 Å². The Morgan fingerprint density at radius 1 is 0.929 bits per heavy atom. The van der Waals surface area contributed by atoms with Crippen LogP contribution in [0.15, 0.2) is 66.7 Å². The van der Waals surface area contributed by atoms with Crippen LogP contribution in [-0.2, 0) is 22.9 Å². The molecule has 1 N–H and O–H groups in total. The largest absolute Gasteiger partial charge is 0.284 e. The standard InChI is InChI=1S/C23H20ClNO2S/c1-28(26,27)25-18-8-4-6-16(14-18)15-22-19-9-3-2-7-17(19)12-13-21-20(22)10-5-11-23(21)24/h2-11,14-15,25H,12-13H2,1H3/b22-15+. The van der Waals surface area contributed by atoms with E-state index in [9.17, 15) is 8.42 Å². The molecule has 0 atom stereocenters. The Kier molecular flexibility index (Phi) is 5.00. The first-order chi connectivity index (χ1) is 13.4. The van der Waals surface area contributed by atoms with Crippen LogP contribution >= 0.6 is 11.6 Å². The number of aryl methyl sites for hydroxylation is 1. The molecule has 3 nitrogen and oxygen atoms in total. The third-order valence-corrected chi connectivity index (χ3v) is 5.82. The molecule has 0 aromatic heterocycles. The zero-order chi connectivity index (χ0) is 19.7. The van der Waals surface area contributed by atoms with E-state index in [4.69, 9.17) is 11.6 Å². The Hall–Kier alpha value is -2.56. The van der Waals surface area contributed by atoms with Gasteiger partial charge < -0.3 is 0 Å². The third-order valence-electron chi connectivity index (χ3n) is 4.86. The van der Waals surface area contributed by atoms with Crippen LogP contribution < -0.4 is 4.72 Å². The fourth-order valence-electron chi connectivity index (χ4n) is 3.70. The van der Waals surface area contributed by atoms with E-state index in [-0.39, 0.29) is 0 Å². The molecule has 4 rings (SSSR count). The smallest absolute Gasteiger partial charge is 0.229 e. The summed E-state index contributed by atoms with van der Waals surface area (Å²) in [4.78, 5) is 0. The molecule has 0 aliphatic heterocycles. The van der Waals surface area contributed by atoms with E-state index >= 15 is 0 Å². The zero-order valence-corrected chi connectivity index (χ0v) is 17.0. The molecule has 1 aliphatic rings. The molecule has 3 aromatic rings. The van der Waals surface area contributed by atoms with E-state index in [2.05, 4.69) is 35.1 Å². The van der Waals surface area contributed by atoms with E-state index in [0.29, 0.717) is 5.69 Å². The van der Waals surface area contributed by atoms with Gasteiger partial charge in [-0.1, -0.05) is 60.1 Å². The molecule has 0 fully saturated rings. The number of hydrogen-bond donors (Lipinski definition) is 1. The van der Waals surface area contributed by atoms with Crippen LogP contribution in [0.2, 0.25) is 5.02 Å². The van der Waals surface area contributed by atoms with Gasteiger partial charge in [-0.2, -0.15) is 0 Å². The van der Waals surface area contributed by atoms with Crippen molar-refractivity contribution in [1.82, 2.24) is 0 Å². The van der Waals surface area contributed by atoms with Crippen LogP contribution in [0.4, 0.5) is 5.69 Å². The molecule has 0 bridgehead atoms. The zero-order valence-electron chi connectivity index (χ0n) is 15.4. The van der Waals surface area contributed by atoms with Crippen molar-refractivity contribution in [3.8, 4) is 0 Å². The molecule has 0 saturated heterocycles. The van der Waals surface area contributed by atoms with E-state index in [0.717, 1.165) is 46.4 Å². The van der Waals surface area contributed by atoms with Crippen molar-refractivity contribution in [2.75, 3.05) is 11.0 Å². The van der Waals surface area contributed by atoms with Crippen LogP contribution in [0.5, 0.6) is 0 Å². The minimum atomic E-state index is -3.32. The second-order valence-corrected chi connectivity index (χ2v) is 9.14. The van der Waals surface area contributed by atoms with Crippen molar-refractivity contribution < 1.29 is 8.42 Å². The molecule has 3 aromatic carbocycles. The van der Waals surface area contributed by atoms with E-state index in [1.165, 1.54) is 11.1 Å². The van der Waals surface area contributed by atoms with E-state index in [1.807, 2.05) is 36.4 Å². The number of benzene rings is 3. The number of anilines is 1. The van der Waals surface area contributed by atoms with Gasteiger partial charge in [-0.3, -0.25) is 4.72 Å². The summed E-state index contributed by atoms with van der Waals surface area (Å²) < 4.78 is 25.7. The lowest BCUT2D eigenvalue weighted by atomic mass is 9.92. The lowest BCUT2D eigenvalue weighted by Gasteiger charge is -2.13. The Morgan fingerprint density at radius 2 is 1.68 bits per heavy atom. The maximum atomic E-state index is 11.6. The summed E-state index contributed by atoms with van der Waals surface area (Å²) in [7, 11) is -3.32. The molecule has 0 amide bonds. The van der Waals surface area contributed by atoms with Crippen molar-refractivity contribution in [1.29, 1.82) is 0 Å². The summed E-state index contributed by atoms with van der Waals surface area (Å²) in [6.07, 6.45) is 5.07. The lowest BCUT2D eigenvalue weighted by Crippen LogP contribution is -2.09. The fourth-order valence-corrected chi connectivity index (χ4v) is 4.52. The molecule has 142 valence electrons. The van der Waals surface area contributed by atoms with Crippen LogP contribution in [0.1, 0.15) is 27.8 Å². The van der Waals surface area contributed by atoms with Crippen LogP contribution in [-0.4, -0.2) is 14.7 Å². The first-order valence-corrected chi connectivity index (χ1v) is 11.3. The van der Waals surface area contributed by atoms with Crippen molar-refractivity contribution in [2.24, 2.45) is 0 Å². The normalized spacial score (nSPS) is 14.9. The molecule has 28 heavy (non-hydrogen) atoms. The number of halogens is 1. The quantitative estimate of drug-likeness (QED) is 0.629.